The van der Waals surface area contributed by atoms with E-state index < -0.39 is 24.5 Å². The van der Waals surface area contributed by atoms with Gasteiger partial charge in [-0.05, 0) is 36.4 Å². The molecular formula is C26H30N2O10. The van der Waals surface area contributed by atoms with E-state index in [1.807, 2.05) is 0 Å². The van der Waals surface area contributed by atoms with E-state index in [0.29, 0.717) is 60.1 Å². The second-order valence-electron chi connectivity index (χ2n) is 8.10. The molecular weight excluding hydrogens is 500 g/mol. The number of anilines is 2. The van der Waals surface area contributed by atoms with E-state index in [1.165, 1.54) is 28.1 Å². The van der Waals surface area contributed by atoms with Gasteiger partial charge in [0.15, 0.2) is 12.6 Å². The van der Waals surface area contributed by atoms with Crippen LogP contribution in [-0.4, -0.2) is 64.4 Å². The summed E-state index contributed by atoms with van der Waals surface area (Å²) in [7, 11) is 2.62. The second kappa shape index (κ2) is 13.6. The van der Waals surface area contributed by atoms with Gasteiger partial charge in [0, 0.05) is 36.3 Å². The van der Waals surface area contributed by atoms with Crippen molar-refractivity contribution >= 4 is 35.1 Å². The average Bonchev–Trinajstić information content (AvgIpc) is 3.63. The third kappa shape index (κ3) is 7.59. The number of hydrogen-bond donors (Lipinski definition) is 2. The summed E-state index contributed by atoms with van der Waals surface area (Å²) in [5.41, 5.74) is 3.10. The quantitative estimate of drug-likeness (QED) is 0.534. The van der Waals surface area contributed by atoms with Crippen molar-refractivity contribution in [3.05, 3.63) is 58.7 Å². The smallest absolute Gasteiger partial charge is 0.337 e. The zero-order valence-electron chi connectivity index (χ0n) is 21.5. The molecule has 2 aromatic rings. The summed E-state index contributed by atoms with van der Waals surface area (Å²) in [5, 5.41) is 5.37. The lowest BCUT2D eigenvalue weighted by Gasteiger charge is -2.15. The highest BCUT2D eigenvalue weighted by molar-refractivity contribution is 5.94. The zero-order valence-corrected chi connectivity index (χ0v) is 21.5. The van der Waals surface area contributed by atoms with Gasteiger partial charge in [-0.25, -0.2) is 9.59 Å². The maximum absolute atomic E-state index is 11.5. The second-order valence-corrected chi connectivity index (χ2v) is 8.10. The normalized spacial score (nSPS) is 15.3. The number of hydrogen-bond acceptors (Lipinski definition) is 10. The van der Waals surface area contributed by atoms with Gasteiger partial charge in [0.25, 0.3) is 0 Å². The number of benzene rings is 2. The molecule has 2 aromatic carbocycles. The van der Waals surface area contributed by atoms with E-state index >= 15 is 0 Å². The molecule has 2 heterocycles. The SMILES string of the molecule is COC(=O)c1ccc(NC(C)=O)c(C2OCCO2)c1.COC(=O)c1ccc(NC(C)=O)c(C2OCCO2)c1. The summed E-state index contributed by atoms with van der Waals surface area (Å²) in [6.45, 7) is 4.74. The molecule has 0 aromatic heterocycles. The summed E-state index contributed by atoms with van der Waals surface area (Å²) >= 11 is 0. The van der Waals surface area contributed by atoms with Crippen molar-refractivity contribution in [2.75, 3.05) is 51.3 Å². The fourth-order valence-corrected chi connectivity index (χ4v) is 3.69. The predicted octanol–water partition coefficient (Wildman–Crippen LogP) is 2.95. The Labute approximate surface area is 219 Å². The number of nitrogens with one attached hydrogen (secondary N) is 2. The third-order valence-corrected chi connectivity index (χ3v) is 5.32. The van der Waals surface area contributed by atoms with E-state index in [0.717, 1.165) is 0 Å². The van der Waals surface area contributed by atoms with Gasteiger partial charge < -0.3 is 39.1 Å². The fraction of sp³-hybridized carbons (Fsp3) is 0.385. The molecule has 0 aliphatic carbocycles. The monoisotopic (exact) mass is 530 g/mol. The minimum atomic E-state index is -0.577. The molecule has 204 valence electrons. The largest absolute Gasteiger partial charge is 0.465 e. The van der Waals surface area contributed by atoms with Crippen molar-refractivity contribution in [1.82, 2.24) is 0 Å². The van der Waals surface area contributed by atoms with Crippen molar-refractivity contribution in [2.45, 2.75) is 26.4 Å². The van der Waals surface area contributed by atoms with Crippen LogP contribution in [0.5, 0.6) is 0 Å². The van der Waals surface area contributed by atoms with Gasteiger partial charge in [0.1, 0.15) is 0 Å². The number of amides is 2. The van der Waals surface area contributed by atoms with Crippen molar-refractivity contribution in [2.24, 2.45) is 0 Å². The van der Waals surface area contributed by atoms with Gasteiger partial charge >= 0.3 is 11.9 Å². The summed E-state index contributed by atoms with van der Waals surface area (Å²) in [4.78, 5) is 45.4. The molecule has 4 rings (SSSR count). The Morgan fingerprint density at radius 1 is 0.658 bits per heavy atom. The standard InChI is InChI=1S/2C13H15NO5/c2*1-8(15)14-11-4-3-9(12(16)17-2)7-10(11)13-18-5-6-19-13/h2*3-4,7,13H,5-6H2,1-2H3,(H,14,15). The number of esters is 2. The van der Waals surface area contributed by atoms with E-state index in [1.54, 1.807) is 36.4 Å². The molecule has 0 radical (unpaired) electrons. The van der Waals surface area contributed by atoms with Crippen LogP contribution in [0.15, 0.2) is 36.4 Å². The Morgan fingerprint density at radius 2 is 1.00 bits per heavy atom. The maximum Gasteiger partial charge on any atom is 0.337 e. The number of carbonyl (C=O) groups is 4. The van der Waals surface area contributed by atoms with E-state index in [2.05, 4.69) is 20.1 Å². The Hall–Kier alpha value is -3.84. The van der Waals surface area contributed by atoms with Crippen molar-refractivity contribution < 1.29 is 47.6 Å². The molecule has 0 spiro atoms. The highest BCUT2D eigenvalue weighted by atomic mass is 16.7. The Morgan fingerprint density at radius 3 is 1.29 bits per heavy atom. The zero-order chi connectivity index (χ0) is 27.7. The molecule has 2 N–H and O–H groups in total. The first-order valence-electron chi connectivity index (χ1n) is 11.7. The number of carbonyl (C=O) groups excluding carboxylic acids is 4. The molecule has 12 heteroatoms. The number of ether oxygens (including phenoxy) is 6. The van der Waals surface area contributed by atoms with Crippen LogP contribution in [0.3, 0.4) is 0 Å². The molecule has 38 heavy (non-hydrogen) atoms. The van der Waals surface area contributed by atoms with Crippen LogP contribution in [0.1, 0.15) is 58.3 Å². The van der Waals surface area contributed by atoms with E-state index in [4.69, 9.17) is 18.9 Å². The van der Waals surface area contributed by atoms with Gasteiger partial charge in [-0.1, -0.05) is 0 Å². The first-order valence-corrected chi connectivity index (χ1v) is 11.7. The van der Waals surface area contributed by atoms with Crippen LogP contribution in [-0.2, 0) is 38.0 Å². The van der Waals surface area contributed by atoms with Gasteiger partial charge in [0.2, 0.25) is 11.8 Å². The number of methoxy groups -OCH3 is 2. The minimum absolute atomic E-state index is 0.204. The Kier molecular flexibility index (Phi) is 10.3. The summed E-state index contributed by atoms with van der Waals surface area (Å²) in [5.74, 6) is -1.31. The Bertz CT molecular complexity index is 1080. The highest BCUT2D eigenvalue weighted by Gasteiger charge is 2.24. The first kappa shape index (κ1) is 28.7. The molecule has 2 amide bonds. The Balaban J connectivity index is 0.000000211. The molecule has 0 atom stereocenters. The van der Waals surface area contributed by atoms with E-state index in [-0.39, 0.29) is 11.8 Å². The highest BCUT2D eigenvalue weighted by Crippen LogP contribution is 2.32. The van der Waals surface area contributed by atoms with Gasteiger partial charge in [-0.2, -0.15) is 0 Å². The molecule has 2 saturated heterocycles. The topological polar surface area (TPSA) is 148 Å². The van der Waals surface area contributed by atoms with Crippen LogP contribution in [0.4, 0.5) is 11.4 Å². The van der Waals surface area contributed by atoms with Crippen LogP contribution in [0, 0.1) is 0 Å². The lowest BCUT2D eigenvalue weighted by Crippen LogP contribution is -2.12. The molecule has 2 aliphatic heterocycles. The van der Waals surface area contributed by atoms with Gasteiger partial charge in [-0.3, -0.25) is 9.59 Å². The van der Waals surface area contributed by atoms with Crippen molar-refractivity contribution in [1.29, 1.82) is 0 Å². The van der Waals surface area contributed by atoms with E-state index in [9.17, 15) is 19.2 Å². The lowest BCUT2D eigenvalue weighted by atomic mass is 10.1. The molecule has 0 bridgehead atoms. The molecule has 2 fully saturated rings. The molecule has 12 nitrogen and oxygen atoms in total. The third-order valence-electron chi connectivity index (χ3n) is 5.32. The van der Waals surface area contributed by atoms with Gasteiger partial charge in [-0.15, -0.1) is 0 Å². The average molecular weight is 531 g/mol. The van der Waals surface area contributed by atoms with Crippen LogP contribution in [0.25, 0.3) is 0 Å². The van der Waals surface area contributed by atoms with Crippen LogP contribution >= 0.6 is 0 Å². The summed E-state index contributed by atoms with van der Waals surface area (Å²) in [6.07, 6.45) is -1.15. The molecule has 0 unspecified atom stereocenters. The van der Waals surface area contributed by atoms with Crippen molar-refractivity contribution in [3.8, 4) is 0 Å². The summed E-state index contributed by atoms with van der Waals surface area (Å²) in [6, 6.07) is 9.63. The van der Waals surface area contributed by atoms with Crippen LogP contribution < -0.4 is 10.6 Å². The predicted molar refractivity (Wildman–Crippen MR) is 133 cm³/mol. The fourth-order valence-electron chi connectivity index (χ4n) is 3.69. The molecule has 2 aliphatic rings. The maximum atomic E-state index is 11.5. The summed E-state index contributed by atoms with van der Waals surface area (Å²) < 4.78 is 30.9. The van der Waals surface area contributed by atoms with Crippen LogP contribution in [0.2, 0.25) is 0 Å². The minimum Gasteiger partial charge on any atom is -0.465 e. The number of rotatable bonds is 6. The van der Waals surface area contributed by atoms with Gasteiger partial charge in [0.05, 0.1) is 51.8 Å². The van der Waals surface area contributed by atoms with Crippen molar-refractivity contribution in [3.63, 3.8) is 0 Å². The lowest BCUT2D eigenvalue weighted by molar-refractivity contribution is -0.115. The first-order chi connectivity index (χ1) is 18.2. The molecule has 0 saturated carbocycles.